The zero-order valence-electron chi connectivity index (χ0n) is 8.25. The van der Waals surface area contributed by atoms with Gasteiger partial charge in [-0.25, -0.2) is 0 Å². The highest BCUT2D eigenvalue weighted by Crippen LogP contribution is 2.23. The van der Waals surface area contributed by atoms with Gasteiger partial charge in [0.1, 0.15) is 0 Å². The van der Waals surface area contributed by atoms with E-state index in [0.717, 1.165) is 5.75 Å². The fraction of sp³-hybridized carbons (Fsp3) is 0.600. The van der Waals surface area contributed by atoms with Crippen molar-refractivity contribution >= 4 is 23.1 Å². The average Bonchev–Trinajstić information content (AvgIpc) is 2.52. The Kier molecular flexibility index (Phi) is 4.84. The van der Waals surface area contributed by atoms with Crippen molar-refractivity contribution in [1.29, 1.82) is 0 Å². The van der Waals surface area contributed by atoms with Crippen molar-refractivity contribution in [3.05, 3.63) is 21.9 Å². The third-order valence-electron chi connectivity index (χ3n) is 1.77. The van der Waals surface area contributed by atoms with Gasteiger partial charge in [-0.1, -0.05) is 6.92 Å². The maximum Gasteiger partial charge on any atom is 0.0481 e. The number of hydrogen-bond acceptors (Lipinski definition) is 3. The number of hydrogen-bond donors (Lipinski definition) is 1. The average molecular weight is 215 g/mol. The molecule has 0 fully saturated rings. The van der Waals surface area contributed by atoms with Crippen molar-refractivity contribution in [3.63, 3.8) is 0 Å². The lowest BCUT2D eigenvalue weighted by molar-refractivity contribution is 0.851. The molecular formula is C10H17NS2. The normalized spacial score (nSPS) is 13.2. The van der Waals surface area contributed by atoms with E-state index in [2.05, 4.69) is 26.0 Å². The third kappa shape index (κ3) is 3.71. The highest BCUT2D eigenvalue weighted by Gasteiger charge is 2.07. The molecule has 0 saturated heterocycles. The summed E-state index contributed by atoms with van der Waals surface area (Å²) in [5.41, 5.74) is 6.04. The first-order valence-corrected chi connectivity index (χ1v) is 6.60. The molecule has 1 unspecified atom stereocenters. The second-order valence-electron chi connectivity index (χ2n) is 3.13. The van der Waals surface area contributed by atoms with Gasteiger partial charge in [0.15, 0.2) is 0 Å². The molecule has 1 heterocycles. The summed E-state index contributed by atoms with van der Waals surface area (Å²) in [7, 11) is 0. The van der Waals surface area contributed by atoms with Gasteiger partial charge in [-0.2, -0.15) is 11.8 Å². The maximum absolute atomic E-state index is 6.04. The number of nitrogens with two attached hydrogens (primary N) is 1. The van der Waals surface area contributed by atoms with E-state index in [1.807, 2.05) is 23.1 Å². The zero-order valence-corrected chi connectivity index (χ0v) is 9.88. The molecule has 3 heteroatoms. The standard InChI is InChI=1S/C10H17NS2/c1-3-6-12-7-9(11)10-5-4-8(2)13-10/h4-5,9H,3,6-7,11H2,1-2H3. The lowest BCUT2D eigenvalue weighted by Crippen LogP contribution is -2.11. The molecular weight excluding hydrogens is 198 g/mol. The van der Waals surface area contributed by atoms with Crippen LogP contribution in [0.2, 0.25) is 0 Å². The van der Waals surface area contributed by atoms with Gasteiger partial charge in [0, 0.05) is 21.5 Å². The van der Waals surface area contributed by atoms with Gasteiger partial charge in [-0.3, -0.25) is 0 Å². The van der Waals surface area contributed by atoms with Crippen molar-refractivity contribution in [3.8, 4) is 0 Å². The van der Waals surface area contributed by atoms with Crippen molar-refractivity contribution in [2.75, 3.05) is 11.5 Å². The second-order valence-corrected chi connectivity index (χ2v) is 5.60. The Balaban J connectivity index is 2.35. The van der Waals surface area contributed by atoms with Gasteiger partial charge in [0.05, 0.1) is 0 Å². The van der Waals surface area contributed by atoms with Crippen LogP contribution in [0.1, 0.15) is 29.1 Å². The summed E-state index contributed by atoms with van der Waals surface area (Å²) in [6.45, 7) is 4.33. The second kappa shape index (κ2) is 5.68. The molecule has 0 aliphatic rings. The fourth-order valence-corrected chi connectivity index (χ4v) is 2.96. The molecule has 1 aromatic heterocycles. The molecule has 0 saturated carbocycles. The van der Waals surface area contributed by atoms with Crippen LogP contribution in [0.5, 0.6) is 0 Å². The Labute approximate surface area is 88.7 Å². The van der Waals surface area contributed by atoms with Crippen LogP contribution in [-0.4, -0.2) is 11.5 Å². The van der Waals surface area contributed by atoms with Crippen molar-refractivity contribution in [1.82, 2.24) is 0 Å². The summed E-state index contributed by atoms with van der Waals surface area (Å²) in [4.78, 5) is 2.67. The molecule has 1 aromatic rings. The molecule has 0 radical (unpaired) electrons. The topological polar surface area (TPSA) is 26.0 Å². The van der Waals surface area contributed by atoms with Crippen LogP contribution in [0.15, 0.2) is 12.1 Å². The van der Waals surface area contributed by atoms with Crippen LogP contribution < -0.4 is 5.73 Å². The Morgan fingerprint density at radius 3 is 2.85 bits per heavy atom. The van der Waals surface area contributed by atoms with E-state index in [1.165, 1.54) is 21.9 Å². The van der Waals surface area contributed by atoms with Crippen LogP contribution >= 0.6 is 23.1 Å². The number of rotatable bonds is 5. The molecule has 0 aliphatic carbocycles. The molecule has 2 N–H and O–H groups in total. The summed E-state index contributed by atoms with van der Waals surface area (Å²) in [6, 6.07) is 4.52. The highest BCUT2D eigenvalue weighted by atomic mass is 32.2. The third-order valence-corrected chi connectivity index (χ3v) is 4.20. The Morgan fingerprint density at radius 1 is 1.54 bits per heavy atom. The molecule has 0 aromatic carbocycles. The molecule has 1 rings (SSSR count). The molecule has 0 bridgehead atoms. The molecule has 0 aliphatic heterocycles. The first-order valence-electron chi connectivity index (χ1n) is 4.63. The van der Waals surface area contributed by atoms with Gasteiger partial charge in [0.2, 0.25) is 0 Å². The molecule has 13 heavy (non-hydrogen) atoms. The van der Waals surface area contributed by atoms with Crippen LogP contribution in [0, 0.1) is 6.92 Å². The van der Waals surface area contributed by atoms with E-state index >= 15 is 0 Å². The predicted octanol–water partition coefficient (Wildman–Crippen LogP) is 3.20. The van der Waals surface area contributed by atoms with Gasteiger partial charge < -0.3 is 5.73 Å². The molecule has 1 atom stereocenters. The predicted molar refractivity (Wildman–Crippen MR) is 63.6 cm³/mol. The first kappa shape index (κ1) is 11.1. The SMILES string of the molecule is CCCSCC(N)c1ccc(C)s1. The van der Waals surface area contributed by atoms with E-state index in [1.54, 1.807) is 0 Å². The monoisotopic (exact) mass is 215 g/mol. The van der Waals surface area contributed by atoms with Gasteiger partial charge >= 0.3 is 0 Å². The van der Waals surface area contributed by atoms with Crippen LogP contribution in [0.3, 0.4) is 0 Å². The first-order chi connectivity index (χ1) is 6.24. The van der Waals surface area contributed by atoms with Gasteiger partial charge in [-0.15, -0.1) is 11.3 Å². The van der Waals surface area contributed by atoms with Gasteiger partial charge in [-0.05, 0) is 31.2 Å². The summed E-state index contributed by atoms with van der Waals surface area (Å²) in [5, 5.41) is 0. The van der Waals surface area contributed by atoms with Crippen LogP contribution in [-0.2, 0) is 0 Å². The van der Waals surface area contributed by atoms with Crippen LogP contribution in [0.4, 0.5) is 0 Å². The van der Waals surface area contributed by atoms with E-state index in [-0.39, 0.29) is 6.04 Å². The Hall–Kier alpha value is 0.01000. The van der Waals surface area contributed by atoms with E-state index in [4.69, 9.17) is 5.73 Å². The molecule has 1 nitrogen and oxygen atoms in total. The van der Waals surface area contributed by atoms with Gasteiger partial charge in [0.25, 0.3) is 0 Å². The van der Waals surface area contributed by atoms with Crippen molar-refractivity contribution < 1.29 is 0 Å². The lowest BCUT2D eigenvalue weighted by atomic mass is 10.3. The largest absolute Gasteiger partial charge is 0.323 e. The van der Waals surface area contributed by atoms with E-state index < -0.39 is 0 Å². The minimum Gasteiger partial charge on any atom is -0.323 e. The Morgan fingerprint density at radius 2 is 2.31 bits per heavy atom. The summed E-state index contributed by atoms with van der Waals surface area (Å²) in [6.07, 6.45) is 1.24. The minimum atomic E-state index is 0.232. The smallest absolute Gasteiger partial charge is 0.0481 e. The zero-order chi connectivity index (χ0) is 9.68. The van der Waals surface area contributed by atoms with Crippen molar-refractivity contribution in [2.45, 2.75) is 26.3 Å². The fourth-order valence-electron chi connectivity index (χ4n) is 1.09. The highest BCUT2D eigenvalue weighted by molar-refractivity contribution is 7.99. The van der Waals surface area contributed by atoms with Crippen molar-refractivity contribution in [2.24, 2.45) is 5.73 Å². The minimum absolute atomic E-state index is 0.232. The Bertz CT molecular complexity index is 245. The number of thioether (sulfide) groups is 1. The summed E-state index contributed by atoms with van der Waals surface area (Å²) in [5.74, 6) is 2.27. The summed E-state index contributed by atoms with van der Waals surface area (Å²) >= 11 is 3.76. The molecule has 74 valence electrons. The quantitative estimate of drug-likeness (QED) is 0.763. The lowest BCUT2D eigenvalue weighted by Gasteiger charge is -2.07. The van der Waals surface area contributed by atoms with Crippen LogP contribution in [0.25, 0.3) is 0 Å². The number of thiophene rings is 1. The molecule has 0 spiro atoms. The molecule has 0 amide bonds. The number of aryl methyl sites for hydroxylation is 1. The van der Waals surface area contributed by atoms with E-state index in [0.29, 0.717) is 0 Å². The maximum atomic E-state index is 6.04. The van der Waals surface area contributed by atoms with E-state index in [9.17, 15) is 0 Å². The summed E-state index contributed by atoms with van der Waals surface area (Å²) < 4.78 is 0.